The molecular formula is C21H21ClN2O3S. The Balaban J connectivity index is 1.68. The smallest absolute Gasteiger partial charge is 0.263 e. The Morgan fingerprint density at radius 2 is 1.89 bits per heavy atom. The largest absolute Gasteiger partial charge is 0.497 e. The van der Waals surface area contributed by atoms with E-state index in [2.05, 4.69) is 10.3 Å². The Bertz CT molecular complexity index is 970. The Morgan fingerprint density at radius 3 is 2.57 bits per heavy atom. The van der Waals surface area contributed by atoms with Crippen molar-refractivity contribution in [3.8, 4) is 11.5 Å². The van der Waals surface area contributed by atoms with Crippen LogP contribution >= 0.6 is 22.9 Å². The van der Waals surface area contributed by atoms with Crippen LogP contribution in [-0.2, 0) is 13.0 Å². The Morgan fingerprint density at radius 1 is 1.14 bits per heavy atom. The van der Waals surface area contributed by atoms with Gasteiger partial charge in [0.25, 0.3) is 5.91 Å². The number of carbonyl (C=O) groups is 1. The van der Waals surface area contributed by atoms with Crippen LogP contribution in [0.25, 0.3) is 0 Å². The summed E-state index contributed by atoms with van der Waals surface area (Å²) in [5.41, 5.74) is 2.71. The Labute approximate surface area is 173 Å². The fraction of sp³-hybridized carbons (Fsp3) is 0.238. The molecule has 0 aliphatic heterocycles. The van der Waals surface area contributed by atoms with Gasteiger partial charge in [-0.2, -0.15) is 0 Å². The van der Waals surface area contributed by atoms with Crippen LogP contribution in [0.4, 0.5) is 0 Å². The number of halogens is 1. The third kappa shape index (κ3) is 4.82. The van der Waals surface area contributed by atoms with Crippen molar-refractivity contribution in [3.05, 3.63) is 74.2 Å². The number of hydrogen-bond donors (Lipinski definition) is 1. The van der Waals surface area contributed by atoms with Crippen LogP contribution in [-0.4, -0.2) is 25.1 Å². The van der Waals surface area contributed by atoms with Gasteiger partial charge in [0.2, 0.25) is 0 Å². The lowest BCUT2D eigenvalue weighted by Gasteiger charge is -2.11. The molecule has 0 radical (unpaired) electrons. The average Bonchev–Trinajstić information content (AvgIpc) is 3.07. The minimum absolute atomic E-state index is 0.143. The second kappa shape index (κ2) is 9.08. The fourth-order valence-corrected chi connectivity index (χ4v) is 3.91. The molecule has 0 saturated heterocycles. The molecule has 2 aromatic carbocycles. The SMILES string of the molecule is COc1ccc(CNC(=O)c2sc(Cc3ccc(Cl)cc3)nc2C)c(OC)c1. The van der Waals surface area contributed by atoms with Gasteiger partial charge in [-0.3, -0.25) is 4.79 Å². The van der Waals surface area contributed by atoms with Gasteiger partial charge in [-0.1, -0.05) is 23.7 Å². The van der Waals surface area contributed by atoms with Crippen molar-refractivity contribution in [2.45, 2.75) is 19.9 Å². The van der Waals surface area contributed by atoms with Gasteiger partial charge >= 0.3 is 0 Å². The molecule has 1 N–H and O–H groups in total. The summed E-state index contributed by atoms with van der Waals surface area (Å²) in [7, 11) is 3.20. The Hall–Kier alpha value is -2.57. The van der Waals surface area contributed by atoms with E-state index < -0.39 is 0 Å². The summed E-state index contributed by atoms with van der Waals surface area (Å²) in [4.78, 5) is 17.8. The normalized spacial score (nSPS) is 10.6. The summed E-state index contributed by atoms with van der Waals surface area (Å²) < 4.78 is 10.6. The maximum atomic E-state index is 12.6. The number of amides is 1. The molecule has 1 aromatic heterocycles. The van der Waals surface area contributed by atoms with Gasteiger partial charge in [-0.15, -0.1) is 11.3 Å². The van der Waals surface area contributed by atoms with Crippen molar-refractivity contribution in [1.29, 1.82) is 0 Å². The highest BCUT2D eigenvalue weighted by Gasteiger charge is 2.16. The summed E-state index contributed by atoms with van der Waals surface area (Å²) in [5, 5.41) is 4.54. The first-order chi connectivity index (χ1) is 13.5. The number of aryl methyl sites for hydroxylation is 1. The van der Waals surface area contributed by atoms with Crippen molar-refractivity contribution >= 4 is 28.8 Å². The van der Waals surface area contributed by atoms with Crippen molar-refractivity contribution < 1.29 is 14.3 Å². The van der Waals surface area contributed by atoms with E-state index in [0.717, 1.165) is 21.8 Å². The fourth-order valence-electron chi connectivity index (χ4n) is 2.77. The van der Waals surface area contributed by atoms with E-state index in [-0.39, 0.29) is 5.91 Å². The zero-order valence-corrected chi connectivity index (χ0v) is 17.5. The summed E-state index contributed by atoms with van der Waals surface area (Å²) in [5.74, 6) is 1.23. The van der Waals surface area contributed by atoms with E-state index in [1.165, 1.54) is 11.3 Å². The van der Waals surface area contributed by atoms with E-state index in [1.807, 2.05) is 43.3 Å². The quantitative estimate of drug-likeness (QED) is 0.609. The summed E-state index contributed by atoms with van der Waals surface area (Å²) in [6.45, 7) is 2.21. The first-order valence-electron chi connectivity index (χ1n) is 8.70. The number of nitrogens with one attached hydrogen (secondary N) is 1. The number of rotatable bonds is 7. The monoisotopic (exact) mass is 416 g/mol. The third-order valence-electron chi connectivity index (χ3n) is 4.25. The zero-order valence-electron chi connectivity index (χ0n) is 15.9. The molecule has 0 saturated carbocycles. The predicted octanol–water partition coefficient (Wildman–Crippen LogP) is 4.64. The van der Waals surface area contributed by atoms with Gasteiger partial charge in [0.05, 0.1) is 24.9 Å². The van der Waals surface area contributed by atoms with Crippen LogP contribution in [0.1, 0.15) is 31.5 Å². The molecule has 5 nitrogen and oxygen atoms in total. The summed E-state index contributed by atoms with van der Waals surface area (Å²) >= 11 is 7.34. The van der Waals surface area contributed by atoms with Gasteiger partial charge < -0.3 is 14.8 Å². The second-order valence-electron chi connectivity index (χ2n) is 6.19. The lowest BCUT2D eigenvalue weighted by molar-refractivity contribution is 0.0954. The molecular weight excluding hydrogens is 396 g/mol. The lowest BCUT2D eigenvalue weighted by Crippen LogP contribution is -2.22. The molecule has 0 unspecified atom stereocenters. The second-order valence-corrected chi connectivity index (χ2v) is 7.71. The predicted molar refractivity (Wildman–Crippen MR) is 112 cm³/mol. The average molecular weight is 417 g/mol. The van der Waals surface area contributed by atoms with Gasteiger partial charge in [0, 0.05) is 29.6 Å². The topological polar surface area (TPSA) is 60.5 Å². The van der Waals surface area contributed by atoms with Crippen molar-refractivity contribution in [1.82, 2.24) is 10.3 Å². The molecule has 7 heteroatoms. The van der Waals surface area contributed by atoms with Gasteiger partial charge in [0.15, 0.2) is 0 Å². The van der Waals surface area contributed by atoms with E-state index in [1.54, 1.807) is 20.3 Å². The summed E-state index contributed by atoms with van der Waals surface area (Å²) in [6.07, 6.45) is 0.669. The molecule has 0 bridgehead atoms. The van der Waals surface area contributed by atoms with Crippen molar-refractivity contribution in [3.63, 3.8) is 0 Å². The van der Waals surface area contributed by atoms with E-state index in [4.69, 9.17) is 21.1 Å². The van der Waals surface area contributed by atoms with Gasteiger partial charge in [-0.25, -0.2) is 4.98 Å². The first-order valence-corrected chi connectivity index (χ1v) is 9.89. The molecule has 146 valence electrons. The Kier molecular flexibility index (Phi) is 6.54. The molecule has 0 aliphatic rings. The molecule has 1 heterocycles. The van der Waals surface area contributed by atoms with Crippen LogP contribution in [0.5, 0.6) is 11.5 Å². The maximum absolute atomic E-state index is 12.6. The molecule has 0 aliphatic carbocycles. The third-order valence-corrected chi connectivity index (χ3v) is 5.66. The molecule has 0 fully saturated rings. The van der Waals surface area contributed by atoms with Crippen LogP contribution in [0.2, 0.25) is 5.02 Å². The van der Waals surface area contributed by atoms with Crippen LogP contribution < -0.4 is 14.8 Å². The molecule has 3 aromatic rings. The molecule has 0 atom stereocenters. The lowest BCUT2D eigenvalue weighted by atomic mass is 10.2. The number of thiazole rings is 1. The van der Waals surface area contributed by atoms with E-state index in [0.29, 0.717) is 34.4 Å². The number of methoxy groups -OCH3 is 2. The van der Waals surface area contributed by atoms with Crippen molar-refractivity contribution in [2.75, 3.05) is 14.2 Å². The van der Waals surface area contributed by atoms with Crippen LogP contribution in [0.3, 0.4) is 0 Å². The highest BCUT2D eigenvalue weighted by atomic mass is 35.5. The highest BCUT2D eigenvalue weighted by molar-refractivity contribution is 7.13. The van der Waals surface area contributed by atoms with E-state index in [9.17, 15) is 4.79 Å². The van der Waals surface area contributed by atoms with Gasteiger partial charge in [0.1, 0.15) is 16.4 Å². The molecule has 1 amide bonds. The number of hydrogen-bond acceptors (Lipinski definition) is 5. The number of carbonyl (C=O) groups excluding carboxylic acids is 1. The number of benzene rings is 2. The minimum atomic E-state index is -0.143. The summed E-state index contributed by atoms with van der Waals surface area (Å²) in [6, 6.07) is 13.2. The number of aromatic nitrogens is 1. The van der Waals surface area contributed by atoms with Gasteiger partial charge in [-0.05, 0) is 36.8 Å². The van der Waals surface area contributed by atoms with E-state index >= 15 is 0 Å². The number of ether oxygens (including phenoxy) is 2. The standard InChI is InChI=1S/C21H21ClN2O3S/c1-13-20(28-19(24-13)10-14-4-7-16(22)8-5-14)21(25)23-12-15-6-9-17(26-2)11-18(15)27-3/h4-9,11H,10,12H2,1-3H3,(H,23,25). The molecule has 0 spiro atoms. The van der Waals surface area contributed by atoms with Crippen molar-refractivity contribution in [2.24, 2.45) is 0 Å². The number of nitrogens with zero attached hydrogens (tertiary/aromatic N) is 1. The zero-order chi connectivity index (χ0) is 20.1. The molecule has 3 rings (SSSR count). The first kappa shape index (κ1) is 20.2. The maximum Gasteiger partial charge on any atom is 0.263 e. The van der Waals surface area contributed by atoms with Crippen LogP contribution in [0, 0.1) is 6.92 Å². The molecule has 28 heavy (non-hydrogen) atoms. The highest BCUT2D eigenvalue weighted by Crippen LogP contribution is 2.25. The van der Waals surface area contributed by atoms with Crippen LogP contribution in [0.15, 0.2) is 42.5 Å². The minimum Gasteiger partial charge on any atom is -0.497 e.